The first kappa shape index (κ1) is 17.4. The first-order valence-electron chi connectivity index (χ1n) is 7.33. The summed E-state index contributed by atoms with van der Waals surface area (Å²) >= 11 is 0. The third kappa shape index (κ3) is 6.56. The number of carbonyl (C=O) groups is 1. The van der Waals surface area contributed by atoms with E-state index in [-0.39, 0.29) is 6.04 Å². The molecule has 116 valence electrons. The van der Waals surface area contributed by atoms with Crippen LogP contribution in [0.15, 0.2) is 42.5 Å². The van der Waals surface area contributed by atoms with Crippen LogP contribution in [-0.4, -0.2) is 17.1 Å². The van der Waals surface area contributed by atoms with E-state index in [0.717, 1.165) is 24.0 Å². The van der Waals surface area contributed by atoms with Crippen molar-refractivity contribution in [2.45, 2.75) is 45.8 Å². The topological polar surface area (TPSA) is 58.6 Å². The lowest BCUT2D eigenvalue weighted by Gasteiger charge is -2.24. The molecule has 0 saturated carbocycles. The van der Waals surface area contributed by atoms with Crippen molar-refractivity contribution in [3.8, 4) is 0 Å². The van der Waals surface area contributed by atoms with Gasteiger partial charge in [-0.05, 0) is 25.3 Å². The van der Waals surface area contributed by atoms with Gasteiger partial charge in [-0.3, -0.25) is 9.63 Å². The summed E-state index contributed by atoms with van der Waals surface area (Å²) in [6.45, 7) is 8.12. The molecular weight excluding hydrogens is 266 g/mol. The molecule has 0 aliphatic rings. The van der Waals surface area contributed by atoms with Crippen LogP contribution in [0.3, 0.4) is 0 Å². The Morgan fingerprint density at radius 2 is 2.05 bits per heavy atom. The molecule has 0 amide bonds. The summed E-state index contributed by atoms with van der Waals surface area (Å²) in [7, 11) is 0. The number of carboxylic acids is 1. The monoisotopic (exact) mass is 291 g/mol. The highest BCUT2D eigenvalue weighted by atomic mass is 16.6. The van der Waals surface area contributed by atoms with Crippen LogP contribution in [0.5, 0.6) is 0 Å². The van der Waals surface area contributed by atoms with Crippen molar-refractivity contribution in [2.24, 2.45) is 5.92 Å². The number of rotatable bonds is 10. The van der Waals surface area contributed by atoms with Crippen LogP contribution in [0.4, 0.5) is 0 Å². The van der Waals surface area contributed by atoms with E-state index in [1.165, 1.54) is 0 Å². The molecule has 0 aromatic heterocycles. The molecule has 0 radical (unpaired) electrons. The maximum Gasteiger partial charge on any atom is 0.308 e. The third-order valence-corrected chi connectivity index (χ3v) is 3.29. The summed E-state index contributed by atoms with van der Waals surface area (Å²) in [5.74, 6) is -1.33. The summed E-state index contributed by atoms with van der Waals surface area (Å²) in [4.78, 5) is 17.0. The number of hydroxylamine groups is 1. The summed E-state index contributed by atoms with van der Waals surface area (Å²) in [5.41, 5.74) is 4.85. The minimum absolute atomic E-state index is 0.215. The second kappa shape index (κ2) is 9.32. The van der Waals surface area contributed by atoms with Gasteiger partial charge in [0.15, 0.2) is 0 Å². The molecule has 2 N–H and O–H groups in total. The minimum atomic E-state index is -0.813. The molecule has 0 aliphatic carbocycles. The van der Waals surface area contributed by atoms with Crippen LogP contribution in [0.25, 0.3) is 0 Å². The highest BCUT2D eigenvalue weighted by Crippen LogP contribution is 2.18. The zero-order valence-electron chi connectivity index (χ0n) is 12.8. The van der Waals surface area contributed by atoms with Crippen LogP contribution in [0, 0.1) is 5.92 Å². The second-order valence-corrected chi connectivity index (χ2v) is 5.39. The fraction of sp³-hybridized carbons (Fsp3) is 0.471. The lowest BCUT2D eigenvalue weighted by Crippen LogP contribution is -2.40. The molecule has 0 bridgehead atoms. The summed E-state index contributed by atoms with van der Waals surface area (Å²) in [6.07, 6.45) is 2.10. The molecule has 4 heteroatoms. The fourth-order valence-corrected chi connectivity index (χ4v) is 2.24. The Balaban J connectivity index is 2.58. The molecule has 0 heterocycles. The SMILES string of the molecule is C=C(C)C[C@@H](C(=O)O)[C@H](CCC)NOCc1ccccc1. The predicted molar refractivity (Wildman–Crippen MR) is 83.6 cm³/mol. The van der Waals surface area contributed by atoms with Crippen molar-refractivity contribution in [1.82, 2.24) is 5.48 Å². The van der Waals surface area contributed by atoms with Crippen LogP contribution in [0.1, 0.15) is 38.7 Å². The Morgan fingerprint density at radius 3 is 2.57 bits per heavy atom. The van der Waals surface area contributed by atoms with E-state index in [1.54, 1.807) is 0 Å². The Bertz CT molecular complexity index is 445. The molecule has 1 aromatic rings. The highest BCUT2D eigenvalue weighted by molar-refractivity contribution is 5.71. The van der Waals surface area contributed by atoms with E-state index in [1.807, 2.05) is 44.2 Å². The van der Waals surface area contributed by atoms with E-state index in [9.17, 15) is 9.90 Å². The molecule has 21 heavy (non-hydrogen) atoms. The molecule has 1 rings (SSSR count). The van der Waals surface area contributed by atoms with Crippen LogP contribution < -0.4 is 5.48 Å². The number of hydrogen-bond acceptors (Lipinski definition) is 3. The summed E-state index contributed by atoms with van der Waals surface area (Å²) in [6, 6.07) is 9.57. The van der Waals surface area contributed by atoms with E-state index < -0.39 is 11.9 Å². The number of benzene rings is 1. The van der Waals surface area contributed by atoms with Crippen molar-refractivity contribution >= 4 is 5.97 Å². The average Bonchev–Trinajstić information content (AvgIpc) is 2.45. The first-order valence-corrected chi connectivity index (χ1v) is 7.33. The summed E-state index contributed by atoms with van der Waals surface area (Å²) in [5, 5.41) is 9.40. The van der Waals surface area contributed by atoms with Gasteiger partial charge in [-0.15, -0.1) is 6.58 Å². The smallest absolute Gasteiger partial charge is 0.308 e. The largest absolute Gasteiger partial charge is 0.481 e. The standard InChI is InChI=1S/C17H25NO3/c1-4-8-16(15(17(19)20)11-13(2)3)18-21-12-14-9-6-5-7-10-14/h5-7,9-10,15-16,18H,2,4,8,11-12H2,1,3H3,(H,19,20)/t15-,16+/m1/s1. The van der Waals surface area contributed by atoms with Gasteiger partial charge in [-0.2, -0.15) is 5.48 Å². The van der Waals surface area contributed by atoms with Gasteiger partial charge in [0.25, 0.3) is 0 Å². The van der Waals surface area contributed by atoms with Gasteiger partial charge in [0.2, 0.25) is 0 Å². The van der Waals surface area contributed by atoms with Crippen molar-refractivity contribution in [1.29, 1.82) is 0 Å². The van der Waals surface area contributed by atoms with Gasteiger partial charge in [0.05, 0.1) is 12.5 Å². The van der Waals surface area contributed by atoms with Crippen molar-refractivity contribution in [3.05, 3.63) is 48.0 Å². The van der Waals surface area contributed by atoms with Crippen molar-refractivity contribution < 1.29 is 14.7 Å². The normalized spacial score (nSPS) is 13.6. The third-order valence-electron chi connectivity index (χ3n) is 3.29. The van der Waals surface area contributed by atoms with Crippen molar-refractivity contribution in [3.63, 3.8) is 0 Å². The molecule has 0 spiro atoms. The molecule has 0 fully saturated rings. The van der Waals surface area contributed by atoms with Crippen LogP contribution in [0.2, 0.25) is 0 Å². The maximum absolute atomic E-state index is 11.4. The predicted octanol–water partition coefficient (Wildman–Crippen LogP) is 3.54. The first-order chi connectivity index (χ1) is 10.0. The number of carboxylic acid groups (broad SMARTS) is 1. The molecule has 0 aliphatic heterocycles. The Kier molecular flexibility index (Phi) is 7.72. The molecule has 0 saturated heterocycles. The highest BCUT2D eigenvalue weighted by Gasteiger charge is 2.27. The number of aliphatic carboxylic acids is 1. The second-order valence-electron chi connectivity index (χ2n) is 5.39. The minimum Gasteiger partial charge on any atom is -0.481 e. The van der Waals surface area contributed by atoms with E-state index >= 15 is 0 Å². The molecule has 0 unspecified atom stereocenters. The molecule has 1 aromatic carbocycles. The van der Waals surface area contributed by atoms with Crippen LogP contribution in [-0.2, 0) is 16.2 Å². The van der Waals surface area contributed by atoms with E-state index in [4.69, 9.17) is 4.84 Å². The van der Waals surface area contributed by atoms with Gasteiger partial charge < -0.3 is 5.11 Å². The van der Waals surface area contributed by atoms with Gasteiger partial charge >= 0.3 is 5.97 Å². The number of hydrogen-bond donors (Lipinski definition) is 2. The lowest BCUT2D eigenvalue weighted by atomic mass is 9.91. The summed E-state index contributed by atoms with van der Waals surface area (Å²) < 4.78 is 0. The molecular formula is C17H25NO3. The Labute approximate surface area is 126 Å². The molecule has 2 atom stereocenters. The quantitative estimate of drug-likeness (QED) is 0.511. The zero-order chi connectivity index (χ0) is 15.7. The molecule has 4 nitrogen and oxygen atoms in total. The zero-order valence-corrected chi connectivity index (χ0v) is 12.8. The van der Waals surface area contributed by atoms with Gasteiger partial charge in [-0.1, -0.05) is 49.2 Å². The van der Waals surface area contributed by atoms with Crippen molar-refractivity contribution in [2.75, 3.05) is 0 Å². The fourth-order valence-electron chi connectivity index (χ4n) is 2.24. The van der Waals surface area contributed by atoms with Crippen LogP contribution >= 0.6 is 0 Å². The Morgan fingerprint density at radius 1 is 1.38 bits per heavy atom. The maximum atomic E-state index is 11.4. The number of nitrogens with one attached hydrogen (secondary N) is 1. The average molecular weight is 291 g/mol. The van der Waals surface area contributed by atoms with Gasteiger partial charge in [-0.25, -0.2) is 0 Å². The number of allylic oxidation sites excluding steroid dienone is 1. The van der Waals surface area contributed by atoms with Gasteiger partial charge in [0, 0.05) is 6.04 Å². The lowest BCUT2D eigenvalue weighted by molar-refractivity contribution is -0.145. The Hall–Kier alpha value is -1.65. The van der Waals surface area contributed by atoms with E-state index in [2.05, 4.69) is 12.1 Å². The van der Waals surface area contributed by atoms with Gasteiger partial charge in [0.1, 0.15) is 0 Å². The van der Waals surface area contributed by atoms with E-state index in [0.29, 0.717) is 13.0 Å².